The van der Waals surface area contributed by atoms with Gasteiger partial charge in [0.05, 0.1) is 54.6 Å². The number of H-pyrrole nitrogens is 2. The number of carbonyl (C=O) groups is 3. The van der Waals surface area contributed by atoms with Crippen molar-refractivity contribution in [1.29, 1.82) is 0 Å². The fourth-order valence-electron chi connectivity index (χ4n) is 7.96. The van der Waals surface area contributed by atoms with Crippen LogP contribution in [0.2, 0.25) is 0 Å². The molecule has 12 nitrogen and oxygen atoms in total. The lowest BCUT2D eigenvalue weighted by molar-refractivity contribution is -0.138. The summed E-state index contributed by atoms with van der Waals surface area (Å²) in [5, 5.41) is 2.72. The van der Waals surface area contributed by atoms with Crippen molar-refractivity contribution in [3.63, 3.8) is 0 Å². The van der Waals surface area contributed by atoms with Gasteiger partial charge >= 0.3 is 6.09 Å². The Kier molecular flexibility index (Phi) is 10.7. The summed E-state index contributed by atoms with van der Waals surface area (Å²) in [6, 6.07) is 12.0. The largest absolute Gasteiger partial charge is 0.453 e. The average molecular weight is 752 g/mol. The number of alkyl carbamates (subject to hydrolysis) is 1. The van der Waals surface area contributed by atoms with E-state index >= 15 is 0 Å². The Balaban J connectivity index is 1.06. The molecule has 0 aliphatic carbocycles. The number of nitrogens with zero attached hydrogens (tertiary/aromatic N) is 4. The molecule has 55 heavy (non-hydrogen) atoms. The predicted octanol–water partition coefficient (Wildman–Crippen LogP) is 6.46. The highest BCUT2D eigenvalue weighted by atomic mass is 19.1. The first kappa shape index (κ1) is 38.1. The maximum Gasteiger partial charge on any atom is 0.407 e. The fraction of sp³-hybridized carbons (Fsp3) is 0.500. The van der Waals surface area contributed by atoms with Crippen LogP contribution in [0.15, 0.2) is 48.7 Å². The Morgan fingerprint density at radius 2 is 1.71 bits per heavy atom. The quantitative estimate of drug-likeness (QED) is 0.175. The van der Waals surface area contributed by atoms with E-state index in [0.29, 0.717) is 36.9 Å². The minimum atomic E-state index is -1.08. The van der Waals surface area contributed by atoms with Gasteiger partial charge in [-0.2, -0.15) is 0 Å². The SMILES string of the molecule is COC(=O)N[C@H](C(=O)N1C[C@]2(CCCO2)C[C@H]1c1nc2cc(C#Cc3ccc(-c4c[nH]c([C@@H]5C[C@@H](F)CN5C(=O)[C@@H](C)C(C)C)n4)cc3)ccc2[nH]1)C(C)C. The van der Waals surface area contributed by atoms with E-state index in [1.165, 1.54) is 7.11 Å². The number of rotatable bonds is 8. The van der Waals surface area contributed by atoms with E-state index in [4.69, 9.17) is 19.4 Å². The van der Waals surface area contributed by atoms with Crippen molar-refractivity contribution in [1.82, 2.24) is 35.1 Å². The number of aromatic nitrogens is 4. The summed E-state index contributed by atoms with van der Waals surface area (Å²) in [4.78, 5) is 59.1. The topological polar surface area (TPSA) is 146 Å². The Morgan fingerprint density at radius 3 is 2.40 bits per heavy atom. The first-order valence-electron chi connectivity index (χ1n) is 19.3. The number of amides is 3. The van der Waals surface area contributed by atoms with E-state index in [9.17, 15) is 18.8 Å². The second-order valence-corrected chi connectivity index (χ2v) is 15.9. The smallest absolute Gasteiger partial charge is 0.407 e. The Morgan fingerprint density at radius 1 is 0.964 bits per heavy atom. The molecule has 4 aromatic rings. The lowest BCUT2D eigenvalue weighted by Gasteiger charge is -2.30. The number of nitrogens with one attached hydrogen (secondary N) is 3. The molecule has 3 aliphatic heterocycles. The van der Waals surface area contributed by atoms with Crippen molar-refractivity contribution < 1.29 is 28.2 Å². The molecule has 3 N–H and O–H groups in total. The third-order valence-corrected chi connectivity index (χ3v) is 11.4. The van der Waals surface area contributed by atoms with Crippen molar-refractivity contribution in [2.45, 2.75) is 90.2 Å². The maximum atomic E-state index is 14.5. The summed E-state index contributed by atoms with van der Waals surface area (Å²) in [6.07, 6.45) is 2.69. The normalized spacial score (nSPS) is 23.4. The van der Waals surface area contributed by atoms with Crippen molar-refractivity contribution >= 4 is 28.9 Å². The van der Waals surface area contributed by atoms with E-state index < -0.39 is 29.9 Å². The molecule has 3 amide bonds. The second kappa shape index (κ2) is 15.5. The monoisotopic (exact) mass is 751 g/mol. The molecule has 3 saturated heterocycles. The number of imidazole rings is 2. The molecular weight excluding hydrogens is 702 g/mol. The second-order valence-electron chi connectivity index (χ2n) is 15.9. The molecule has 6 atom stereocenters. The van der Waals surface area contributed by atoms with Crippen molar-refractivity contribution in [2.75, 3.05) is 26.8 Å². The van der Waals surface area contributed by atoms with Crippen LogP contribution < -0.4 is 5.32 Å². The van der Waals surface area contributed by atoms with Crippen molar-refractivity contribution in [2.24, 2.45) is 17.8 Å². The van der Waals surface area contributed by atoms with E-state index in [2.05, 4.69) is 27.1 Å². The van der Waals surface area contributed by atoms with Crippen LogP contribution in [0.3, 0.4) is 0 Å². The summed E-state index contributed by atoms with van der Waals surface area (Å²) in [5.74, 6) is 7.32. The van der Waals surface area contributed by atoms with Gasteiger partial charge in [0.15, 0.2) is 0 Å². The summed E-state index contributed by atoms with van der Waals surface area (Å²) in [5.41, 5.74) is 4.33. The third kappa shape index (κ3) is 7.83. The molecule has 7 rings (SSSR count). The van der Waals surface area contributed by atoms with Crippen LogP contribution in [0.5, 0.6) is 0 Å². The molecule has 0 bridgehead atoms. The average Bonchev–Trinajstić information content (AvgIpc) is 4.03. The van der Waals surface area contributed by atoms with Gasteiger partial charge in [-0.3, -0.25) is 9.59 Å². The molecular formula is C42H50FN7O5. The number of hydrogen-bond acceptors (Lipinski definition) is 7. The Labute approximate surface area is 321 Å². The summed E-state index contributed by atoms with van der Waals surface area (Å²) in [6.45, 7) is 10.9. The number of hydrogen-bond donors (Lipinski definition) is 3. The number of likely N-dealkylation sites (tertiary alicyclic amines) is 2. The van der Waals surface area contributed by atoms with Gasteiger partial charge in [0.2, 0.25) is 11.8 Å². The zero-order valence-electron chi connectivity index (χ0n) is 32.3. The number of halogens is 1. The van der Waals surface area contributed by atoms with Crippen molar-refractivity contribution in [3.05, 3.63) is 71.4 Å². The molecule has 3 aliphatic rings. The molecule has 13 heteroatoms. The molecule has 290 valence electrons. The fourth-order valence-corrected chi connectivity index (χ4v) is 7.96. The molecule has 1 spiro atoms. The first-order valence-corrected chi connectivity index (χ1v) is 19.3. The van der Waals surface area contributed by atoms with Gasteiger partial charge in [0, 0.05) is 48.3 Å². The van der Waals surface area contributed by atoms with Gasteiger partial charge in [-0.05, 0) is 55.0 Å². The van der Waals surface area contributed by atoms with E-state index in [-0.39, 0.29) is 48.6 Å². The molecule has 5 heterocycles. The van der Waals surface area contributed by atoms with Crippen LogP contribution >= 0.6 is 0 Å². The molecule has 3 fully saturated rings. The number of aromatic amines is 2. The van der Waals surface area contributed by atoms with Crippen LogP contribution in [0.1, 0.15) is 95.2 Å². The zero-order valence-corrected chi connectivity index (χ0v) is 32.3. The lowest BCUT2D eigenvalue weighted by Crippen LogP contribution is -2.51. The predicted molar refractivity (Wildman–Crippen MR) is 205 cm³/mol. The highest BCUT2D eigenvalue weighted by Crippen LogP contribution is 2.45. The number of carbonyl (C=O) groups excluding carboxylic acids is 3. The molecule has 2 aromatic carbocycles. The first-order chi connectivity index (χ1) is 26.3. The number of methoxy groups -OCH3 is 1. The van der Waals surface area contributed by atoms with Gasteiger partial charge in [-0.15, -0.1) is 0 Å². The molecule has 0 unspecified atom stereocenters. The van der Waals surface area contributed by atoms with Gasteiger partial charge in [0.1, 0.15) is 23.9 Å². The highest BCUT2D eigenvalue weighted by molar-refractivity contribution is 5.87. The van der Waals surface area contributed by atoms with Gasteiger partial charge in [0.25, 0.3) is 0 Å². The number of fused-ring (bicyclic) bond motifs is 1. The lowest BCUT2D eigenvalue weighted by atomic mass is 9.96. The summed E-state index contributed by atoms with van der Waals surface area (Å²) in [7, 11) is 1.29. The van der Waals surface area contributed by atoms with Crippen LogP contribution in [-0.4, -0.2) is 92.3 Å². The Hall–Kier alpha value is -5.22. The summed E-state index contributed by atoms with van der Waals surface area (Å²) >= 11 is 0. The number of benzene rings is 2. The van der Waals surface area contributed by atoms with Gasteiger partial charge < -0.3 is 34.6 Å². The minimum Gasteiger partial charge on any atom is -0.453 e. The molecule has 2 aromatic heterocycles. The van der Waals surface area contributed by atoms with Crippen LogP contribution in [0.4, 0.5) is 9.18 Å². The molecule has 0 saturated carbocycles. The zero-order chi connectivity index (χ0) is 39.0. The van der Waals surface area contributed by atoms with Crippen LogP contribution in [0, 0.1) is 29.6 Å². The van der Waals surface area contributed by atoms with E-state index in [1.807, 2.05) is 77.1 Å². The Bertz CT molecular complexity index is 2110. The maximum absolute atomic E-state index is 14.5. The van der Waals surface area contributed by atoms with Crippen LogP contribution in [0.25, 0.3) is 22.3 Å². The van der Waals surface area contributed by atoms with Gasteiger partial charge in [-0.1, -0.05) is 58.6 Å². The van der Waals surface area contributed by atoms with Crippen LogP contribution in [-0.2, 0) is 19.1 Å². The van der Waals surface area contributed by atoms with Gasteiger partial charge in [-0.25, -0.2) is 19.2 Å². The third-order valence-electron chi connectivity index (χ3n) is 11.4. The molecule has 0 radical (unpaired) electrons. The minimum absolute atomic E-state index is 0.0428. The van der Waals surface area contributed by atoms with Crippen molar-refractivity contribution in [3.8, 4) is 23.1 Å². The highest BCUT2D eigenvalue weighted by Gasteiger charge is 2.51. The number of ether oxygens (including phenoxy) is 2. The standard InChI is InChI=1S/C42H50FN7O5/c1-24(2)26(5)39(51)49-22-30(43)19-34(49)37-44-21-33(47-37)29-13-10-27(11-14-29)8-9-28-12-15-31-32(18-28)46-38(45-31)35-20-42(16-7-17-55-42)23-50(35)40(52)36(25(3)4)48-41(53)54-6/h10-15,18,21,24-26,30,34-36H,7,16-17,19-20,22-23H2,1-6H3,(H,44,47)(H,45,46)(H,48,53)/t26-,30+,34-,35-,36-,42-/m0/s1. The summed E-state index contributed by atoms with van der Waals surface area (Å²) < 4.78 is 25.6. The van der Waals surface area contributed by atoms with E-state index in [1.54, 1.807) is 16.0 Å². The number of alkyl halides is 1. The van der Waals surface area contributed by atoms with E-state index in [0.717, 1.165) is 40.6 Å².